The summed E-state index contributed by atoms with van der Waals surface area (Å²) in [5.74, 6) is -1.28. The standard InChI is InChI=1S/C13H17NO4/c1-10(13(16)17)14-8-7-12(15)18-9-11-5-3-2-4-6-11/h2-6,10,14H,7-9H2,1H3,(H,16,17)/t10-/m0/s1. The van der Waals surface area contributed by atoms with Crippen LogP contribution in [0.15, 0.2) is 30.3 Å². The fourth-order valence-corrected chi connectivity index (χ4v) is 1.29. The SMILES string of the molecule is C[C@H](NCCC(=O)OCc1ccccc1)C(=O)O. The lowest BCUT2D eigenvalue weighted by atomic mass is 10.2. The fraction of sp³-hybridized carbons (Fsp3) is 0.385. The summed E-state index contributed by atoms with van der Waals surface area (Å²) in [6.07, 6.45) is 0.157. The van der Waals surface area contributed by atoms with Crippen molar-refractivity contribution >= 4 is 11.9 Å². The predicted octanol–water partition coefficient (Wildman–Crippen LogP) is 1.18. The number of hydrogen-bond acceptors (Lipinski definition) is 4. The molecule has 18 heavy (non-hydrogen) atoms. The summed E-state index contributed by atoms with van der Waals surface area (Å²) in [6.45, 7) is 2.06. The Morgan fingerprint density at radius 3 is 2.61 bits per heavy atom. The Morgan fingerprint density at radius 1 is 1.33 bits per heavy atom. The van der Waals surface area contributed by atoms with E-state index < -0.39 is 12.0 Å². The van der Waals surface area contributed by atoms with Crippen LogP contribution in [-0.4, -0.2) is 29.6 Å². The summed E-state index contributed by atoms with van der Waals surface area (Å²) in [5.41, 5.74) is 0.928. The van der Waals surface area contributed by atoms with Gasteiger partial charge in [-0.15, -0.1) is 0 Å². The van der Waals surface area contributed by atoms with Crippen molar-refractivity contribution in [2.45, 2.75) is 26.0 Å². The number of carbonyl (C=O) groups is 2. The first-order valence-corrected chi connectivity index (χ1v) is 5.75. The zero-order valence-electron chi connectivity index (χ0n) is 10.3. The second kappa shape index (κ2) is 7.45. The Hall–Kier alpha value is -1.88. The number of ether oxygens (including phenoxy) is 1. The van der Waals surface area contributed by atoms with Gasteiger partial charge in [-0.2, -0.15) is 0 Å². The molecule has 0 aliphatic rings. The summed E-state index contributed by atoms with van der Waals surface area (Å²) in [4.78, 5) is 21.9. The Morgan fingerprint density at radius 2 is 2.00 bits per heavy atom. The Labute approximate surface area is 106 Å². The first-order valence-electron chi connectivity index (χ1n) is 5.75. The highest BCUT2D eigenvalue weighted by atomic mass is 16.5. The zero-order chi connectivity index (χ0) is 13.4. The van der Waals surface area contributed by atoms with Gasteiger partial charge in [-0.3, -0.25) is 9.59 Å². The molecule has 0 aliphatic carbocycles. The lowest BCUT2D eigenvalue weighted by Crippen LogP contribution is -2.35. The van der Waals surface area contributed by atoms with Crippen LogP contribution in [0.3, 0.4) is 0 Å². The molecular formula is C13H17NO4. The van der Waals surface area contributed by atoms with Gasteiger partial charge in [-0.05, 0) is 12.5 Å². The van der Waals surface area contributed by atoms with Gasteiger partial charge in [-0.25, -0.2) is 0 Å². The van der Waals surface area contributed by atoms with E-state index in [1.54, 1.807) is 0 Å². The van der Waals surface area contributed by atoms with Crippen LogP contribution in [0, 0.1) is 0 Å². The lowest BCUT2D eigenvalue weighted by molar-refractivity contribution is -0.145. The molecule has 1 aromatic rings. The van der Waals surface area contributed by atoms with Crippen molar-refractivity contribution in [2.24, 2.45) is 0 Å². The second-order valence-electron chi connectivity index (χ2n) is 3.91. The summed E-state index contributed by atoms with van der Waals surface area (Å²) in [7, 11) is 0. The molecular weight excluding hydrogens is 234 g/mol. The molecule has 98 valence electrons. The molecule has 0 spiro atoms. The van der Waals surface area contributed by atoms with E-state index in [4.69, 9.17) is 9.84 Å². The fourth-order valence-electron chi connectivity index (χ4n) is 1.29. The average Bonchev–Trinajstić information content (AvgIpc) is 2.37. The minimum atomic E-state index is -0.937. The quantitative estimate of drug-likeness (QED) is 0.712. The number of carboxylic acid groups (broad SMARTS) is 1. The van der Waals surface area contributed by atoms with Gasteiger partial charge in [0.05, 0.1) is 6.42 Å². The smallest absolute Gasteiger partial charge is 0.320 e. The van der Waals surface area contributed by atoms with E-state index in [2.05, 4.69) is 5.32 Å². The summed E-state index contributed by atoms with van der Waals surface area (Å²) < 4.78 is 5.04. The maximum absolute atomic E-state index is 11.4. The second-order valence-corrected chi connectivity index (χ2v) is 3.91. The highest BCUT2D eigenvalue weighted by molar-refractivity contribution is 5.73. The largest absolute Gasteiger partial charge is 0.480 e. The molecule has 5 nitrogen and oxygen atoms in total. The van der Waals surface area contributed by atoms with Crippen LogP contribution in [0.5, 0.6) is 0 Å². The normalized spacial score (nSPS) is 11.8. The average molecular weight is 251 g/mol. The Kier molecular flexibility index (Phi) is 5.87. The van der Waals surface area contributed by atoms with Crippen molar-refractivity contribution in [3.8, 4) is 0 Å². The molecule has 0 saturated heterocycles. The maximum atomic E-state index is 11.4. The van der Waals surface area contributed by atoms with Crippen molar-refractivity contribution in [2.75, 3.05) is 6.54 Å². The van der Waals surface area contributed by atoms with E-state index in [-0.39, 0.29) is 19.0 Å². The summed E-state index contributed by atoms with van der Waals surface area (Å²) in [6, 6.07) is 8.73. The molecule has 0 heterocycles. The molecule has 2 N–H and O–H groups in total. The molecule has 5 heteroatoms. The van der Waals surface area contributed by atoms with Crippen molar-refractivity contribution in [1.82, 2.24) is 5.32 Å². The molecule has 1 atom stereocenters. The van der Waals surface area contributed by atoms with Crippen LogP contribution in [0.4, 0.5) is 0 Å². The summed E-state index contributed by atoms with van der Waals surface area (Å²) >= 11 is 0. The van der Waals surface area contributed by atoms with Gasteiger partial charge >= 0.3 is 11.9 Å². The van der Waals surface area contributed by atoms with Gasteiger partial charge in [0.15, 0.2) is 0 Å². The number of aliphatic carboxylic acids is 1. The number of nitrogens with one attached hydrogen (secondary N) is 1. The number of carboxylic acids is 1. The van der Waals surface area contributed by atoms with Gasteiger partial charge < -0.3 is 15.2 Å². The number of esters is 1. The van der Waals surface area contributed by atoms with E-state index in [0.29, 0.717) is 6.54 Å². The highest BCUT2D eigenvalue weighted by Gasteiger charge is 2.10. The molecule has 1 rings (SSSR count). The topological polar surface area (TPSA) is 75.6 Å². The third kappa shape index (κ3) is 5.45. The van der Waals surface area contributed by atoms with Crippen molar-refractivity contribution in [3.63, 3.8) is 0 Å². The molecule has 0 radical (unpaired) electrons. The zero-order valence-corrected chi connectivity index (χ0v) is 10.3. The number of hydrogen-bond donors (Lipinski definition) is 2. The highest BCUT2D eigenvalue weighted by Crippen LogP contribution is 2.01. The molecule has 0 aliphatic heterocycles. The van der Waals surface area contributed by atoms with Gasteiger partial charge in [0.25, 0.3) is 0 Å². The van der Waals surface area contributed by atoms with Gasteiger partial charge in [0.2, 0.25) is 0 Å². The predicted molar refractivity (Wildman–Crippen MR) is 66.0 cm³/mol. The van der Waals surface area contributed by atoms with Gasteiger partial charge in [-0.1, -0.05) is 30.3 Å². The monoisotopic (exact) mass is 251 g/mol. The molecule has 0 amide bonds. The molecule has 0 saturated carbocycles. The Balaban J connectivity index is 2.17. The van der Waals surface area contributed by atoms with E-state index in [1.807, 2.05) is 30.3 Å². The molecule has 0 aromatic heterocycles. The third-order valence-corrected chi connectivity index (χ3v) is 2.39. The van der Waals surface area contributed by atoms with E-state index in [1.165, 1.54) is 6.92 Å². The number of carbonyl (C=O) groups excluding carboxylic acids is 1. The van der Waals surface area contributed by atoms with Gasteiger partial charge in [0, 0.05) is 6.54 Å². The van der Waals surface area contributed by atoms with E-state index in [9.17, 15) is 9.59 Å². The first-order chi connectivity index (χ1) is 8.59. The minimum absolute atomic E-state index is 0.157. The number of benzene rings is 1. The van der Waals surface area contributed by atoms with Gasteiger partial charge in [0.1, 0.15) is 12.6 Å². The third-order valence-electron chi connectivity index (χ3n) is 2.39. The first kappa shape index (κ1) is 14.2. The van der Waals surface area contributed by atoms with Crippen LogP contribution < -0.4 is 5.32 Å². The molecule has 1 aromatic carbocycles. The molecule has 0 fully saturated rings. The maximum Gasteiger partial charge on any atom is 0.320 e. The summed E-state index contributed by atoms with van der Waals surface area (Å²) in [5, 5.41) is 11.3. The van der Waals surface area contributed by atoms with Crippen LogP contribution in [0.2, 0.25) is 0 Å². The van der Waals surface area contributed by atoms with E-state index >= 15 is 0 Å². The van der Waals surface area contributed by atoms with Crippen molar-refractivity contribution in [1.29, 1.82) is 0 Å². The Bertz CT molecular complexity index is 391. The van der Waals surface area contributed by atoms with Crippen LogP contribution in [-0.2, 0) is 20.9 Å². The minimum Gasteiger partial charge on any atom is -0.480 e. The van der Waals surface area contributed by atoms with Crippen LogP contribution in [0.1, 0.15) is 18.9 Å². The molecule has 0 bridgehead atoms. The van der Waals surface area contributed by atoms with Crippen molar-refractivity contribution in [3.05, 3.63) is 35.9 Å². The van der Waals surface area contributed by atoms with Crippen LogP contribution in [0.25, 0.3) is 0 Å². The van der Waals surface area contributed by atoms with Crippen LogP contribution >= 0.6 is 0 Å². The molecule has 0 unspecified atom stereocenters. The van der Waals surface area contributed by atoms with Crippen molar-refractivity contribution < 1.29 is 19.4 Å². The number of rotatable bonds is 7. The van der Waals surface area contributed by atoms with E-state index in [0.717, 1.165) is 5.56 Å². The lowest BCUT2D eigenvalue weighted by Gasteiger charge is -2.08.